The Balaban J connectivity index is 1.10. The number of rotatable bonds is 15. The summed E-state index contributed by atoms with van der Waals surface area (Å²) in [5, 5.41) is 21.3. The van der Waals surface area contributed by atoms with Crippen LogP contribution in [-0.4, -0.2) is 52.3 Å². The van der Waals surface area contributed by atoms with Gasteiger partial charge in [0.2, 0.25) is 11.8 Å². The summed E-state index contributed by atoms with van der Waals surface area (Å²) in [7, 11) is 0. The molecule has 1 saturated carbocycles. The minimum Gasteiger partial charge on any atom is -0.392 e. The first-order chi connectivity index (χ1) is 25.0. The summed E-state index contributed by atoms with van der Waals surface area (Å²) in [4.78, 5) is 26.4. The van der Waals surface area contributed by atoms with E-state index in [0.717, 1.165) is 72.2 Å². The SMILES string of the molecule is CC1(C)CC2CC(C)(CN2C[C@@H]2C[C@H](c3ccc(CO)cc3)O[C@H](c3ccc(-c4ccccc4CNC(=O)CCCCCCC(=O)NO)cc3)O2)C1. The van der Waals surface area contributed by atoms with Crippen molar-refractivity contribution in [2.45, 2.75) is 123 Å². The van der Waals surface area contributed by atoms with Gasteiger partial charge in [-0.1, -0.05) is 106 Å². The summed E-state index contributed by atoms with van der Waals surface area (Å²) >= 11 is 0. The third-order valence-electron chi connectivity index (χ3n) is 11.2. The molecule has 0 aromatic heterocycles. The van der Waals surface area contributed by atoms with Gasteiger partial charge < -0.3 is 19.9 Å². The number of amides is 2. The van der Waals surface area contributed by atoms with Crippen LogP contribution in [0, 0.1) is 10.8 Å². The normalized spacial score (nSPS) is 25.5. The highest BCUT2D eigenvalue weighted by atomic mass is 16.7. The van der Waals surface area contributed by atoms with Gasteiger partial charge in [0.15, 0.2) is 6.29 Å². The zero-order chi connectivity index (χ0) is 36.7. The van der Waals surface area contributed by atoms with Crippen LogP contribution < -0.4 is 10.8 Å². The van der Waals surface area contributed by atoms with Crippen molar-refractivity contribution >= 4 is 11.8 Å². The molecular formula is C43H57N3O6. The van der Waals surface area contributed by atoms with Crippen LogP contribution in [0.3, 0.4) is 0 Å². The summed E-state index contributed by atoms with van der Waals surface area (Å²) < 4.78 is 13.5. The average molecular weight is 712 g/mol. The number of hydroxylamine groups is 1. The van der Waals surface area contributed by atoms with Gasteiger partial charge in [-0.2, -0.15) is 0 Å². The molecule has 2 amide bonds. The number of nitrogens with zero attached hydrogens (tertiary/aromatic N) is 1. The number of hydrogen-bond donors (Lipinski definition) is 4. The number of nitrogens with one attached hydrogen (secondary N) is 2. The van der Waals surface area contributed by atoms with Crippen molar-refractivity contribution in [1.29, 1.82) is 0 Å². The van der Waals surface area contributed by atoms with E-state index in [1.54, 1.807) is 5.48 Å². The van der Waals surface area contributed by atoms with E-state index in [4.69, 9.17) is 14.7 Å². The van der Waals surface area contributed by atoms with Gasteiger partial charge in [-0.15, -0.1) is 0 Å². The van der Waals surface area contributed by atoms with Gasteiger partial charge in [0.05, 0.1) is 18.8 Å². The Morgan fingerprint density at radius 1 is 0.846 bits per heavy atom. The Morgan fingerprint density at radius 3 is 2.25 bits per heavy atom. The smallest absolute Gasteiger partial charge is 0.243 e. The van der Waals surface area contributed by atoms with Gasteiger partial charge >= 0.3 is 0 Å². The van der Waals surface area contributed by atoms with Crippen molar-refractivity contribution < 1.29 is 29.4 Å². The maximum atomic E-state index is 12.6. The van der Waals surface area contributed by atoms with Crippen molar-refractivity contribution in [3.8, 4) is 11.1 Å². The van der Waals surface area contributed by atoms with E-state index in [1.807, 2.05) is 24.3 Å². The molecule has 52 heavy (non-hydrogen) atoms. The third-order valence-corrected chi connectivity index (χ3v) is 11.2. The Morgan fingerprint density at radius 2 is 1.54 bits per heavy atom. The highest BCUT2D eigenvalue weighted by Gasteiger charge is 2.50. The topological polar surface area (TPSA) is 120 Å². The fourth-order valence-electron chi connectivity index (χ4n) is 9.12. The van der Waals surface area contributed by atoms with Crippen molar-refractivity contribution in [2.75, 3.05) is 13.1 Å². The molecule has 3 aromatic rings. The molecule has 5 atom stereocenters. The molecule has 2 unspecified atom stereocenters. The van der Waals surface area contributed by atoms with E-state index in [2.05, 4.69) is 79.5 Å². The van der Waals surface area contributed by atoms with Crippen LogP contribution in [0.25, 0.3) is 11.1 Å². The van der Waals surface area contributed by atoms with Gasteiger partial charge in [-0.05, 0) is 70.8 Å². The van der Waals surface area contributed by atoms with Crippen molar-refractivity contribution in [1.82, 2.24) is 15.7 Å². The molecule has 3 aliphatic rings. The van der Waals surface area contributed by atoms with Crippen LogP contribution in [0.5, 0.6) is 0 Å². The average Bonchev–Trinajstić information content (AvgIpc) is 3.38. The molecule has 9 heteroatoms. The minimum absolute atomic E-state index is 0.00941. The second-order valence-electron chi connectivity index (χ2n) is 16.5. The van der Waals surface area contributed by atoms with Crippen LogP contribution in [0.2, 0.25) is 0 Å². The first-order valence-corrected chi connectivity index (χ1v) is 19.2. The number of carbonyl (C=O) groups is 2. The largest absolute Gasteiger partial charge is 0.392 e. The highest BCUT2D eigenvalue weighted by molar-refractivity contribution is 5.76. The molecule has 0 spiro atoms. The standard InChI is InChI=1S/C43H57N3O6/c1-42(2)23-35-24-43(3,28-42)29-46(35)26-36-22-38(32-16-14-30(27-47)15-17-32)52-41(51-36)33-20-18-31(19-21-33)37-11-9-8-10-34(37)25-44-39(48)12-6-4-5-7-13-40(49)45-50/h8-11,14-21,35-36,38,41,47,50H,4-7,12-13,22-29H2,1-3H3,(H,44,48)(H,45,49)/t35?,36-,38+,41+,43?/m0/s1. The molecule has 3 fully saturated rings. The Kier molecular flexibility index (Phi) is 12.5. The minimum atomic E-state index is -0.509. The quantitative estimate of drug-likeness (QED) is 0.0723. The fourth-order valence-corrected chi connectivity index (χ4v) is 9.12. The van der Waals surface area contributed by atoms with Crippen molar-refractivity contribution in [2.24, 2.45) is 10.8 Å². The van der Waals surface area contributed by atoms with Crippen LogP contribution in [0.1, 0.15) is 120 Å². The predicted octanol–water partition coefficient (Wildman–Crippen LogP) is 7.75. The van der Waals surface area contributed by atoms with E-state index in [9.17, 15) is 14.7 Å². The number of ether oxygens (including phenoxy) is 2. The molecule has 2 heterocycles. The van der Waals surface area contributed by atoms with Gasteiger partial charge in [0.1, 0.15) is 0 Å². The third kappa shape index (κ3) is 9.88. The van der Waals surface area contributed by atoms with Gasteiger partial charge in [0.25, 0.3) is 0 Å². The van der Waals surface area contributed by atoms with Crippen LogP contribution in [0.15, 0.2) is 72.8 Å². The maximum absolute atomic E-state index is 12.6. The van der Waals surface area contributed by atoms with E-state index in [0.29, 0.717) is 42.7 Å². The number of aliphatic hydroxyl groups is 1. The molecule has 1 aliphatic carbocycles. The van der Waals surface area contributed by atoms with Crippen molar-refractivity contribution in [3.05, 3.63) is 95.1 Å². The van der Waals surface area contributed by atoms with Gasteiger partial charge in [-0.3, -0.25) is 19.7 Å². The van der Waals surface area contributed by atoms with E-state index < -0.39 is 6.29 Å². The lowest BCUT2D eigenvalue weighted by Crippen LogP contribution is -2.42. The molecule has 2 saturated heterocycles. The second kappa shape index (κ2) is 17.0. The fraction of sp³-hybridized carbons (Fsp3) is 0.535. The molecule has 2 bridgehead atoms. The summed E-state index contributed by atoms with van der Waals surface area (Å²) in [5.74, 6) is -0.367. The summed E-state index contributed by atoms with van der Waals surface area (Å²) in [6.45, 7) is 9.76. The highest BCUT2D eigenvalue weighted by Crippen LogP contribution is 2.53. The summed E-state index contributed by atoms with van der Waals surface area (Å²) in [6.07, 6.45) is 7.79. The lowest BCUT2D eigenvalue weighted by Gasteiger charge is -2.41. The van der Waals surface area contributed by atoms with Crippen LogP contribution in [-0.2, 0) is 32.2 Å². The number of aliphatic hydroxyl groups excluding tert-OH is 1. The number of unbranched alkanes of at least 4 members (excludes halogenated alkanes) is 3. The van der Waals surface area contributed by atoms with Gasteiger partial charge in [0, 0.05) is 50.5 Å². The van der Waals surface area contributed by atoms with E-state index in [-0.39, 0.29) is 30.6 Å². The molecule has 2 aliphatic heterocycles. The van der Waals surface area contributed by atoms with Crippen LogP contribution >= 0.6 is 0 Å². The second-order valence-corrected chi connectivity index (χ2v) is 16.5. The number of carbonyl (C=O) groups excluding carboxylic acids is 2. The van der Waals surface area contributed by atoms with Gasteiger partial charge in [-0.25, -0.2) is 5.48 Å². The molecular weight excluding hydrogens is 654 g/mol. The molecule has 6 rings (SSSR count). The molecule has 3 aromatic carbocycles. The molecule has 4 N–H and O–H groups in total. The number of benzene rings is 3. The predicted molar refractivity (Wildman–Crippen MR) is 201 cm³/mol. The molecule has 9 nitrogen and oxygen atoms in total. The van der Waals surface area contributed by atoms with E-state index >= 15 is 0 Å². The maximum Gasteiger partial charge on any atom is 0.243 e. The van der Waals surface area contributed by atoms with Crippen molar-refractivity contribution in [3.63, 3.8) is 0 Å². The number of fused-ring (bicyclic) bond motifs is 2. The number of likely N-dealkylation sites (tertiary alicyclic amines) is 1. The Bertz CT molecular complexity index is 1640. The first kappa shape index (κ1) is 38.1. The van der Waals surface area contributed by atoms with Crippen LogP contribution in [0.4, 0.5) is 0 Å². The van der Waals surface area contributed by atoms with E-state index in [1.165, 1.54) is 19.3 Å². The summed E-state index contributed by atoms with van der Waals surface area (Å²) in [6, 6.07) is 25.3. The molecule has 280 valence electrons. The monoisotopic (exact) mass is 711 g/mol. The first-order valence-electron chi connectivity index (χ1n) is 19.2. The zero-order valence-corrected chi connectivity index (χ0v) is 31.1. The summed E-state index contributed by atoms with van der Waals surface area (Å²) in [5.41, 5.74) is 8.50. The zero-order valence-electron chi connectivity index (χ0n) is 31.1. The molecule has 0 radical (unpaired) electrons. The lowest BCUT2D eigenvalue weighted by molar-refractivity contribution is -0.253. The lowest BCUT2D eigenvalue weighted by atomic mass is 9.65. The Labute approximate surface area is 309 Å². The Hall–Kier alpha value is -3.60. The number of hydrogen-bond acceptors (Lipinski definition) is 7.